The molecule has 9 heteroatoms. The molecule has 2 N–H and O–H groups in total. The van der Waals surface area contributed by atoms with E-state index >= 15 is 0 Å². The average molecular weight is 537 g/mol. The Kier molecular flexibility index (Phi) is 7.24. The highest BCUT2D eigenvalue weighted by molar-refractivity contribution is 6.02. The molecule has 6 rings (SSSR count). The molecule has 1 aliphatic carbocycles. The first kappa shape index (κ1) is 26.5. The Labute approximate surface area is 230 Å². The van der Waals surface area contributed by atoms with Gasteiger partial charge in [-0.3, -0.25) is 19.3 Å². The number of benzene rings is 1. The van der Waals surface area contributed by atoms with Gasteiger partial charge in [-0.2, -0.15) is 0 Å². The summed E-state index contributed by atoms with van der Waals surface area (Å²) in [5, 5.41) is 6.31. The number of anilines is 1. The summed E-state index contributed by atoms with van der Waals surface area (Å²) < 4.78 is 12.0. The van der Waals surface area contributed by atoms with E-state index in [2.05, 4.69) is 22.5 Å². The van der Waals surface area contributed by atoms with E-state index in [9.17, 15) is 14.4 Å². The molecule has 39 heavy (non-hydrogen) atoms. The largest absolute Gasteiger partial charge is 0.379 e. The van der Waals surface area contributed by atoms with Crippen LogP contribution in [0.3, 0.4) is 0 Å². The van der Waals surface area contributed by atoms with Crippen molar-refractivity contribution in [3.8, 4) is 0 Å². The molecule has 0 aromatic heterocycles. The maximum atomic E-state index is 14.1. The van der Waals surface area contributed by atoms with Crippen LogP contribution in [-0.4, -0.2) is 90.7 Å². The van der Waals surface area contributed by atoms with Crippen molar-refractivity contribution >= 4 is 23.4 Å². The number of morpholine rings is 1. The highest BCUT2D eigenvalue weighted by atomic mass is 16.5. The number of aryl methyl sites for hydroxylation is 1. The number of fused-ring (bicyclic) bond motifs is 1. The van der Waals surface area contributed by atoms with E-state index in [0.29, 0.717) is 37.9 Å². The van der Waals surface area contributed by atoms with Crippen LogP contribution < -0.4 is 10.6 Å². The van der Waals surface area contributed by atoms with Gasteiger partial charge in [-0.1, -0.05) is 44.1 Å². The van der Waals surface area contributed by atoms with Gasteiger partial charge in [0.05, 0.1) is 31.2 Å². The van der Waals surface area contributed by atoms with Crippen LogP contribution in [0, 0.1) is 24.7 Å². The zero-order valence-electron chi connectivity index (χ0n) is 22.9. The first-order chi connectivity index (χ1) is 18.9. The maximum absolute atomic E-state index is 14.1. The monoisotopic (exact) mass is 536 g/mol. The molecule has 4 fully saturated rings. The predicted octanol–water partition coefficient (Wildman–Crippen LogP) is 2.11. The summed E-state index contributed by atoms with van der Waals surface area (Å²) in [5.41, 5.74) is 0.591. The molecule has 5 aliphatic rings. The maximum Gasteiger partial charge on any atom is 0.246 e. The summed E-state index contributed by atoms with van der Waals surface area (Å²) in [7, 11) is 0. The first-order valence-electron chi connectivity index (χ1n) is 14.5. The zero-order valence-corrected chi connectivity index (χ0v) is 22.9. The summed E-state index contributed by atoms with van der Waals surface area (Å²) in [6, 6.07) is 6.90. The Morgan fingerprint density at radius 3 is 2.67 bits per heavy atom. The Balaban J connectivity index is 1.27. The third kappa shape index (κ3) is 4.78. The average Bonchev–Trinajstić information content (AvgIpc) is 3.56. The Hall–Kier alpha value is -2.75. The van der Waals surface area contributed by atoms with Gasteiger partial charge in [0.2, 0.25) is 17.7 Å². The fourth-order valence-electron chi connectivity index (χ4n) is 7.32. The predicted molar refractivity (Wildman–Crippen MR) is 146 cm³/mol. The molecular weight excluding hydrogens is 496 g/mol. The van der Waals surface area contributed by atoms with E-state index in [4.69, 9.17) is 9.47 Å². The molecular formula is C30H40N4O5. The van der Waals surface area contributed by atoms with Crippen LogP contribution in [0.4, 0.5) is 5.69 Å². The lowest BCUT2D eigenvalue weighted by molar-refractivity contribution is -0.142. The second kappa shape index (κ2) is 10.7. The van der Waals surface area contributed by atoms with Gasteiger partial charge in [0, 0.05) is 37.9 Å². The second-order valence-corrected chi connectivity index (χ2v) is 11.9. The van der Waals surface area contributed by atoms with Crippen molar-refractivity contribution in [2.45, 2.75) is 63.3 Å². The highest BCUT2D eigenvalue weighted by Crippen LogP contribution is 2.55. The number of nitrogens with zero attached hydrogens (tertiary/aromatic N) is 2. The third-order valence-electron chi connectivity index (χ3n) is 9.41. The number of nitrogens with one attached hydrogen (secondary N) is 2. The molecule has 1 saturated carbocycles. The smallest absolute Gasteiger partial charge is 0.246 e. The van der Waals surface area contributed by atoms with Crippen LogP contribution in [0.25, 0.3) is 0 Å². The number of likely N-dealkylation sites (tertiary alicyclic amines) is 1. The summed E-state index contributed by atoms with van der Waals surface area (Å²) in [5.74, 6) is -1.63. The molecule has 210 valence electrons. The van der Waals surface area contributed by atoms with Crippen molar-refractivity contribution in [3.63, 3.8) is 0 Å². The van der Waals surface area contributed by atoms with Crippen molar-refractivity contribution in [1.29, 1.82) is 0 Å². The van der Waals surface area contributed by atoms with E-state index in [1.165, 1.54) is 6.42 Å². The van der Waals surface area contributed by atoms with E-state index in [-0.39, 0.29) is 23.8 Å². The van der Waals surface area contributed by atoms with Crippen molar-refractivity contribution in [2.24, 2.45) is 17.8 Å². The first-order valence-corrected chi connectivity index (χ1v) is 14.5. The number of amides is 3. The van der Waals surface area contributed by atoms with Gasteiger partial charge < -0.3 is 25.0 Å². The lowest BCUT2D eigenvalue weighted by Crippen LogP contribution is -2.58. The van der Waals surface area contributed by atoms with Gasteiger partial charge in [-0.15, -0.1) is 0 Å². The van der Waals surface area contributed by atoms with Gasteiger partial charge in [0.1, 0.15) is 11.6 Å². The van der Waals surface area contributed by atoms with Crippen LogP contribution in [0.15, 0.2) is 36.4 Å². The van der Waals surface area contributed by atoms with Gasteiger partial charge in [0.25, 0.3) is 0 Å². The number of hydrogen-bond donors (Lipinski definition) is 2. The van der Waals surface area contributed by atoms with Crippen molar-refractivity contribution in [3.05, 3.63) is 42.0 Å². The van der Waals surface area contributed by atoms with E-state index < -0.39 is 29.6 Å². The van der Waals surface area contributed by atoms with E-state index in [1.807, 2.05) is 43.3 Å². The fraction of sp³-hybridized carbons (Fsp3) is 0.633. The molecule has 1 aromatic rings. The third-order valence-corrected chi connectivity index (χ3v) is 9.41. The second-order valence-electron chi connectivity index (χ2n) is 11.9. The van der Waals surface area contributed by atoms with E-state index in [0.717, 1.165) is 37.9 Å². The minimum Gasteiger partial charge on any atom is -0.379 e. The van der Waals surface area contributed by atoms with E-state index in [1.54, 1.807) is 4.90 Å². The molecule has 3 saturated heterocycles. The molecule has 7 atom stereocenters. The molecule has 0 unspecified atom stereocenters. The molecule has 4 aliphatic heterocycles. The molecule has 4 heterocycles. The Morgan fingerprint density at radius 2 is 1.90 bits per heavy atom. The van der Waals surface area contributed by atoms with Gasteiger partial charge >= 0.3 is 0 Å². The number of carbonyl (C=O) groups excluding carboxylic acids is 3. The highest BCUT2D eigenvalue weighted by Gasteiger charge is 2.72. The zero-order chi connectivity index (χ0) is 27.1. The lowest BCUT2D eigenvalue weighted by atomic mass is 9.74. The molecule has 2 bridgehead atoms. The summed E-state index contributed by atoms with van der Waals surface area (Å²) in [6.07, 6.45) is 7.53. The number of ether oxygens (including phenoxy) is 2. The minimum atomic E-state index is -1.14. The molecule has 9 nitrogen and oxygen atoms in total. The number of hydrogen-bond acceptors (Lipinski definition) is 6. The van der Waals surface area contributed by atoms with Crippen LogP contribution in [-0.2, 0) is 23.9 Å². The summed E-state index contributed by atoms with van der Waals surface area (Å²) >= 11 is 0. The summed E-state index contributed by atoms with van der Waals surface area (Å²) in [6.45, 7) is 8.14. The van der Waals surface area contributed by atoms with Crippen molar-refractivity contribution < 1.29 is 23.9 Å². The standard InChI is InChI=1S/C30H40N4O5/c1-19-6-5-8-21(18-19)31-27(35)24-23-10-11-30(39-23)25(24)29(37)34(13-12-33-14-16-38-17-15-33)26(30)28(36)32-22-9-4-3-7-20(22)2/h5-6,8,10-11,18,20,22-26H,3-4,7,9,12-17H2,1-2H3,(H,31,35)(H,32,36)/t20-,22+,23-,24+,25-,26-,30-/m0/s1. The van der Waals surface area contributed by atoms with Gasteiger partial charge in [-0.25, -0.2) is 0 Å². The lowest BCUT2D eigenvalue weighted by Gasteiger charge is -2.36. The molecule has 1 aromatic carbocycles. The molecule has 0 radical (unpaired) electrons. The number of rotatable bonds is 7. The topological polar surface area (TPSA) is 100 Å². The summed E-state index contributed by atoms with van der Waals surface area (Å²) in [4.78, 5) is 45.8. The Bertz CT molecular complexity index is 1150. The van der Waals surface area contributed by atoms with Crippen molar-refractivity contribution in [2.75, 3.05) is 44.7 Å². The minimum absolute atomic E-state index is 0.0842. The van der Waals surface area contributed by atoms with Gasteiger partial charge in [0.15, 0.2) is 0 Å². The Morgan fingerprint density at radius 1 is 1.10 bits per heavy atom. The molecule has 1 spiro atoms. The quantitative estimate of drug-likeness (QED) is 0.518. The van der Waals surface area contributed by atoms with Crippen LogP contribution >= 0.6 is 0 Å². The number of carbonyl (C=O) groups is 3. The van der Waals surface area contributed by atoms with Crippen LogP contribution in [0.5, 0.6) is 0 Å². The normalized spacial score (nSPS) is 35.7. The molecule has 3 amide bonds. The van der Waals surface area contributed by atoms with Gasteiger partial charge in [-0.05, 0) is 43.4 Å². The SMILES string of the molecule is Cc1cccc(NC(=O)[C@@H]2[C@@H]3C=C[C@]4(O3)[C@@H]2C(=O)N(CCN2CCOCC2)[C@H]4C(=O)N[C@@H]2CCCC[C@@H]2C)c1. The van der Waals surface area contributed by atoms with Crippen LogP contribution in [0.2, 0.25) is 0 Å². The van der Waals surface area contributed by atoms with Crippen LogP contribution in [0.1, 0.15) is 38.2 Å². The van der Waals surface area contributed by atoms with Crippen molar-refractivity contribution in [1.82, 2.24) is 15.1 Å². The fourth-order valence-corrected chi connectivity index (χ4v) is 7.32.